The molecule has 0 spiro atoms. The molecular formula is C14H15ClN2O3. The minimum absolute atomic E-state index is 0.366. The normalized spacial score (nSPS) is 15.5. The first kappa shape index (κ1) is 14.4. The Balaban J connectivity index is 2.31. The summed E-state index contributed by atoms with van der Waals surface area (Å²) in [4.78, 5) is 27.0. The summed E-state index contributed by atoms with van der Waals surface area (Å²) >= 11 is 5.95. The topological polar surface area (TPSA) is 49.9 Å². The first-order valence-corrected chi connectivity index (χ1v) is 6.51. The average molecular weight is 295 g/mol. The predicted octanol–water partition coefficient (Wildman–Crippen LogP) is 1.71. The molecule has 1 aromatic carbocycles. The van der Waals surface area contributed by atoms with Crippen molar-refractivity contribution in [3.05, 3.63) is 35.9 Å². The first-order valence-electron chi connectivity index (χ1n) is 6.13. The smallest absolute Gasteiger partial charge is 0.316 e. The second-order valence-electron chi connectivity index (χ2n) is 4.31. The second kappa shape index (κ2) is 5.96. The Labute approximate surface area is 122 Å². The van der Waals surface area contributed by atoms with E-state index in [1.807, 2.05) is 0 Å². The summed E-state index contributed by atoms with van der Waals surface area (Å²) in [5, 5.41) is 0.481. The molecule has 1 aliphatic rings. The van der Waals surface area contributed by atoms with Crippen LogP contribution in [-0.4, -0.2) is 43.5 Å². The predicted molar refractivity (Wildman–Crippen MR) is 77.1 cm³/mol. The highest BCUT2D eigenvalue weighted by Crippen LogP contribution is 2.32. The summed E-state index contributed by atoms with van der Waals surface area (Å²) in [7, 11) is 1.51. The Morgan fingerprint density at radius 1 is 1.35 bits per heavy atom. The molecule has 1 heterocycles. The van der Waals surface area contributed by atoms with Crippen LogP contribution < -0.4 is 9.64 Å². The highest BCUT2D eigenvalue weighted by molar-refractivity contribution is 6.41. The number of benzene rings is 1. The van der Waals surface area contributed by atoms with Gasteiger partial charge < -0.3 is 9.64 Å². The Hall–Kier alpha value is -2.01. The molecule has 2 rings (SSSR count). The van der Waals surface area contributed by atoms with Gasteiger partial charge in [-0.2, -0.15) is 0 Å². The quantitative estimate of drug-likeness (QED) is 0.627. The lowest BCUT2D eigenvalue weighted by atomic mass is 10.2. The molecule has 6 heteroatoms. The van der Waals surface area contributed by atoms with Gasteiger partial charge in [-0.1, -0.05) is 17.7 Å². The van der Waals surface area contributed by atoms with E-state index in [1.54, 1.807) is 24.3 Å². The first-order chi connectivity index (χ1) is 9.58. The highest BCUT2D eigenvalue weighted by Gasteiger charge is 2.34. The maximum atomic E-state index is 12.2. The monoisotopic (exact) mass is 294 g/mol. The molecule has 0 aliphatic carbocycles. The summed E-state index contributed by atoms with van der Waals surface area (Å²) in [5.74, 6) is -0.621. The molecule has 1 aliphatic heterocycles. The number of methoxy groups -OCH3 is 1. The third-order valence-electron chi connectivity index (χ3n) is 3.09. The molecule has 106 valence electrons. The number of nitrogens with zero attached hydrogens (tertiary/aromatic N) is 2. The van der Waals surface area contributed by atoms with Gasteiger partial charge in [0.05, 0.1) is 12.8 Å². The molecule has 0 saturated carbocycles. The minimum Gasteiger partial charge on any atom is -0.495 e. The molecule has 20 heavy (non-hydrogen) atoms. The van der Waals surface area contributed by atoms with Crippen LogP contribution >= 0.6 is 11.6 Å². The molecule has 0 unspecified atom stereocenters. The number of hydrogen-bond donors (Lipinski definition) is 0. The van der Waals surface area contributed by atoms with Gasteiger partial charge in [0.25, 0.3) is 0 Å². The van der Waals surface area contributed by atoms with E-state index in [0.29, 0.717) is 36.1 Å². The standard InChI is InChI=1S/C14H15ClN2O3/c1-3-6-16-7-8-17(14(19)13(16)18)11-9-10(15)4-5-12(11)20-2/h3-5,9H,1,6-8H2,2H3. The average Bonchev–Trinajstić information content (AvgIpc) is 2.44. The molecule has 1 aromatic rings. The van der Waals surface area contributed by atoms with E-state index in [0.717, 1.165) is 0 Å². The Morgan fingerprint density at radius 3 is 2.75 bits per heavy atom. The summed E-state index contributed by atoms with van der Waals surface area (Å²) < 4.78 is 5.22. The Morgan fingerprint density at radius 2 is 2.10 bits per heavy atom. The Kier molecular flexibility index (Phi) is 4.29. The lowest BCUT2D eigenvalue weighted by molar-refractivity contribution is -0.145. The maximum Gasteiger partial charge on any atom is 0.316 e. The van der Waals surface area contributed by atoms with Gasteiger partial charge in [-0.15, -0.1) is 6.58 Å². The number of carbonyl (C=O) groups is 2. The van der Waals surface area contributed by atoms with Gasteiger partial charge in [0.1, 0.15) is 5.75 Å². The fraction of sp³-hybridized carbons (Fsp3) is 0.286. The molecule has 1 fully saturated rings. The van der Waals surface area contributed by atoms with Gasteiger partial charge in [-0.05, 0) is 18.2 Å². The molecule has 0 atom stereocenters. The van der Waals surface area contributed by atoms with E-state index in [1.165, 1.54) is 16.9 Å². The van der Waals surface area contributed by atoms with Gasteiger partial charge in [-0.3, -0.25) is 14.5 Å². The molecular weight excluding hydrogens is 280 g/mol. The molecule has 2 amide bonds. The number of rotatable bonds is 4. The fourth-order valence-corrected chi connectivity index (χ4v) is 2.27. The largest absolute Gasteiger partial charge is 0.495 e. The summed E-state index contributed by atoms with van der Waals surface area (Å²) in [6.45, 7) is 4.79. The third-order valence-corrected chi connectivity index (χ3v) is 3.33. The SMILES string of the molecule is C=CCN1CCN(c2cc(Cl)ccc2OC)C(=O)C1=O. The number of ether oxygens (including phenoxy) is 1. The van der Waals surface area contributed by atoms with E-state index in [-0.39, 0.29) is 0 Å². The molecule has 0 N–H and O–H groups in total. The zero-order chi connectivity index (χ0) is 14.7. The van der Waals surface area contributed by atoms with Crippen LogP contribution in [0.3, 0.4) is 0 Å². The lowest BCUT2D eigenvalue weighted by Crippen LogP contribution is -2.54. The van der Waals surface area contributed by atoms with Crippen molar-refractivity contribution in [2.75, 3.05) is 31.6 Å². The van der Waals surface area contributed by atoms with Crippen LogP contribution in [0.4, 0.5) is 5.69 Å². The summed E-state index contributed by atoms with van der Waals surface area (Å²) in [5.41, 5.74) is 0.511. The van der Waals surface area contributed by atoms with Gasteiger partial charge >= 0.3 is 11.8 Å². The lowest BCUT2D eigenvalue weighted by Gasteiger charge is -2.33. The number of hydrogen-bond acceptors (Lipinski definition) is 3. The van der Waals surface area contributed by atoms with Crippen LogP contribution in [-0.2, 0) is 9.59 Å². The molecule has 1 saturated heterocycles. The second-order valence-corrected chi connectivity index (χ2v) is 4.75. The van der Waals surface area contributed by atoms with Crippen molar-refractivity contribution in [2.45, 2.75) is 0 Å². The van der Waals surface area contributed by atoms with Crippen molar-refractivity contribution in [1.82, 2.24) is 4.90 Å². The van der Waals surface area contributed by atoms with E-state index in [9.17, 15) is 9.59 Å². The van der Waals surface area contributed by atoms with Crippen molar-refractivity contribution in [1.29, 1.82) is 0 Å². The number of halogens is 1. The highest BCUT2D eigenvalue weighted by atomic mass is 35.5. The van der Waals surface area contributed by atoms with Crippen LogP contribution in [0.1, 0.15) is 0 Å². The number of anilines is 1. The van der Waals surface area contributed by atoms with Crippen LogP contribution in [0.5, 0.6) is 5.75 Å². The van der Waals surface area contributed by atoms with Gasteiger partial charge in [-0.25, -0.2) is 0 Å². The van der Waals surface area contributed by atoms with E-state index in [4.69, 9.17) is 16.3 Å². The van der Waals surface area contributed by atoms with Crippen molar-refractivity contribution in [2.24, 2.45) is 0 Å². The van der Waals surface area contributed by atoms with Crippen molar-refractivity contribution in [3.63, 3.8) is 0 Å². The van der Waals surface area contributed by atoms with E-state index >= 15 is 0 Å². The minimum atomic E-state index is -0.585. The molecule has 0 aromatic heterocycles. The summed E-state index contributed by atoms with van der Waals surface area (Å²) in [6, 6.07) is 4.96. The van der Waals surface area contributed by atoms with E-state index in [2.05, 4.69) is 6.58 Å². The van der Waals surface area contributed by atoms with E-state index < -0.39 is 11.8 Å². The zero-order valence-corrected chi connectivity index (χ0v) is 11.9. The molecule has 0 radical (unpaired) electrons. The fourth-order valence-electron chi connectivity index (χ4n) is 2.11. The van der Waals surface area contributed by atoms with Crippen LogP contribution in [0.25, 0.3) is 0 Å². The summed E-state index contributed by atoms with van der Waals surface area (Å²) in [6.07, 6.45) is 1.60. The van der Waals surface area contributed by atoms with Crippen molar-refractivity contribution >= 4 is 29.1 Å². The molecule has 0 bridgehead atoms. The number of amides is 2. The van der Waals surface area contributed by atoms with Crippen LogP contribution in [0.15, 0.2) is 30.9 Å². The molecule has 5 nitrogen and oxygen atoms in total. The zero-order valence-electron chi connectivity index (χ0n) is 11.1. The van der Waals surface area contributed by atoms with Gasteiger partial charge in [0.15, 0.2) is 0 Å². The van der Waals surface area contributed by atoms with Crippen LogP contribution in [0.2, 0.25) is 5.02 Å². The maximum absolute atomic E-state index is 12.2. The number of piperazine rings is 1. The Bertz CT molecular complexity index is 559. The van der Waals surface area contributed by atoms with Gasteiger partial charge in [0, 0.05) is 24.7 Å². The van der Waals surface area contributed by atoms with Gasteiger partial charge in [0.2, 0.25) is 0 Å². The number of carbonyl (C=O) groups excluding carboxylic acids is 2. The van der Waals surface area contributed by atoms with Crippen molar-refractivity contribution < 1.29 is 14.3 Å². The third kappa shape index (κ3) is 2.63. The van der Waals surface area contributed by atoms with Crippen molar-refractivity contribution in [3.8, 4) is 5.75 Å². The van der Waals surface area contributed by atoms with Crippen LogP contribution in [0, 0.1) is 0 Å².